The summed E-state index contributed by atoms with van der Waals surface area (Å²) in [5, 5.41) is 12.4. The van der Waals surface area contributed by atoms with Gasteiger partial charge in [0.05, 0.1) is 17.4 Å². The van der Waals surface area contributed by atoms with Gasteiger partial charge in [-0.05, 0) is 37.7 Å². The second kappa shape index (κ2) is 7.75. The summed E-state index contributed by atoms with van der Waals surface area (Å²) in [4.78, 5) is 30.3. The number of aliphatic hydroxyl groups excluding tert-OH is 1. The van der Waals surface area contributed by atoms with Crippen LogP contribution in [0.25, 0.3) is 0 Å². The molecule has 6 heteroatoms. The lowest BCUT2D eigenvalue weighted by molar-refractivity contribution is -0.117. The van der Waals surface area contributed by atoms with E-state index in [2.05, 4.69) is 10.3 Å². The Morgan fingerprint density at radius 1 is 1.33 bits per heavy atom. The summed E-state index contributed by atoms with van der Waals surface area (Å²) in [6, 6.07) is 1.73. The molecule has 130 valence electrons. The van der Waals surface area contributed by atoms with Gasteiger partial charge in [0, 0.05) is 31.8 Å². The Balaban J connectivity index is 1.70. The van der Waals surface area contributed by atoms with Crippen molar-refractivity contribution in [2.75, 3.05) is 18.1 Å². The first-order chi connectivity index (χ1) is 11.7. The maximum atomic E-state index is 12.6. The summed E-state index contributed by atoms with van der Waals surface area (Å²) in [6.07, 6.45) is 9.72. The van der Waals surface area contributed by atoms with E-state index in [0.717, 1.165) is 19.3 Å². The van der Waals surface area contributed by atoms with Crippen molar-refractivity contribution >= 4 is 17.5 Å². The average molecular weight is 331 g/mol. The molecule has 0 bridgehead atoms. The van der Waals surface area contributed by atoms with Gasteiger partial charge in [-0.25, -0.2) is 0 Å². The third kappa shape index (κ3) is 3.75. The number of carbonyl (C=O) groups excluding carboxylic acids is 2. The molecule has 1 atom stereocenters. The molecule has 2 fully saturated rings. The molecule has 1 unspecified atom stereocenters. The van der Waals surface area contributed by atoms with Gasteiger partial charge < -0.3 is 15.3 Å². The molecule has 2 amide bonds. The van der Waals surface area contributed by atoms with Crippen molar-refractivity contribution in [3.63, 3.8) is 0 Å². The maximum Gasteiger partial charge on any atom is 0.253 e. The normalized spacial score (nSPS) is 19.7. The molecule has 1 aliphatic carbocycles. The monoisotopic (exact) mass is 331 g/mol. The van der Waals surface area contributed by atoms with Crippen molar-refractivity contribution in [1.82, 2.24) is 10.3 Å². The number of pyridine rings is 1. The number of carbonyl (C=O) groups is 2. The quantitative estimate of drug-likeness (QED) is 0.834. The number of aromatic nitrogens is 1. The molecule has 0 spiro atoms. The first-order valence-electron chi connectivity index (χ1n) is 8.86. The molecule has 24 heavy (non-hydrogen) atoms. The standard InChI is InChI=1S/C18H25N3O3/c22-9-7-16(13-4-1-2-5-13)20-18(24)14-10-15(12-19-11-14)21-8-3-6-17(21)23/h10-13,16,22H,1-9H2,(H,20,24). The van der Waals surface area contributed by atoms with Crippen LogP contribution in [0.4, 0.5) is 5.69 Å². The molecule has 0 radical (unpaired) electrons. The minimum Gasteiger partial charge on any atom is -0.396 e. The number of amides is 2. The molecule has 3 rings (SSSR count). The van der Waals surface area contributed by atoms with Crippen molar-refractivity contribution < 1.29 is 14.7 Å². The van der Waals surface area contributed by atoms with Crippen molar-refractivity contribution in [2.45, 2.75) is 51.0 Å². The fraction of sp³-hybridized carbons (Fsp3) is 0.611. The van der Waals surface area contributed by atoms with Gasteiger partial charge in [0.1, 0.15) is 0 Å². The summed E-state index contributed by atoms with van der Waals surface area (Å²) in [5.41, 5.74) is 1.15. The number of nitrogens with one attached hydrogen (secondary N) is 1. The number of hydrogen-bond donors (Lipinski definition) is 2. The molecule has 1 aromatic rings. The third-order valence-electron chi connectivity index (χ3n) is 5.10. The maximum absolute atomic E-state index is 12.6. The van der Waals surface area contributed by atoms with Crippen LogP contribution in [0.2, 0.25) is 0 Å². The fourth-order valence-electron chi connectivity index (χ4n) is 3.80. The van der Waals surface area contributed by atoms with Crippen LogP contribution >= 0.6 is 0 Å². The van der Waals surface area contributed by atoms with Crippen LogP contribution in [0.3, 0.4) is 0 Å². The highest BCUT2D eigenvalue weighted by molar-refractivity contribution is 5.98. The Morgan fingerprint density at radius 3 is 2.79 bits per heavy atom. The predicted molar refractivity (Wildman–Crippen MR) is 90.7 cm³/mol. The van der Waals surface area contributed by atoms with Crippen molar-refractivity contribution in [1.29, 1.82) is 0 Å². The van der Waals surface area contributed by atoms with Gasteiger partial charge in [-0.3, -0.25) is 14.6 Å². The Bertz CT molecular complexity index is 599. The van der Waals surface area contributed by atoms with Crippen LogP contribution in [0.1, 0.15) is 55.3 Å². The molecule has 2 heterocycles. The minimum absolute atomic E-state index is 0.00192. The second-order valence-electron chi connectivity index (χ2n) is 6.72. The van der Waals surface area contributed by atoms with E-state index in [-0.39, 0.29) is 24.5 Å². The zero-order chi connectivity index (χ0) is 16.9. The second-order valence-corrected chi connectivity index (χ2v) is 6.72. The summed E-state index contributed by atoms with van der Waals surface area (Å²) in [6.45, 7) is 0.753. The lowest BCUT2D eigenvalue weighted by Crippen LogP contribution is -2.40. The molecule has 2 N–H and O–H groups in total. The molecule has 1 saturated heterocycles. The van der Waals surface area contributed by atoms with E-state index in [1.807, 2.05) is 0 Å². The average Bonchev–Trinajstić information content (AvgIpc) is 3.26. The molecular formula is C18H25N3O3. The van der Waals surface area contributed by atoms with Gasteiger partial charge in [0.2, 0.25) is 5.91 Å². The summed E-state index contributed by atoms with van der Waals surface area (Å²) in [7, 11) is 0. The van der Waals surface area contributed by atoms with E-state index in [1.165, 1.54) is 19.0 Å². The molecule has 6 nitrogen and oxygen atoms in total. The van der Waals surface area contributed by atoms with Gasteiger partial charge in [-0.1, -0.05) is 12.8 Å². The SMILES string of the molecule is O=C(NC(CCO)C1CCCC1)c1cncc(N2CCCC2=O)c1. The first kappa shape index (κ1) is 16.9. The Labute approximate surface area is 142 Å². The van der Waals surface area contributed by atoms with E-state index in [0.29, 0.717) is 36.6 Å². The number of nitrogens with zero attached hydrogens (tertiary/aromatic N) is 2. The topological polar surface area (TPSA) is 82.5 Å². The van der Waals surface area contributed by atoms with Crippen molar-refractivity contribution in [3.05, 3.63) is 24.0 Å². The lowest BCUT2D eigenvalue weighted by atomic mass is 9.95. The first-order valence-corrected chi connectivity index (χ1v) is 8.86. The number of anilines is 1. The van der Waals surface area contributed by atoms with Crippen LogP contribution in [-0.2, 0) is 4.79 Å². The van der Waals surface area contributed by atoms with E-state index in [9.17, 15) is 14.7 Å². The number of aliphatic hydroxyl groups is 1. The smallest absolute Gasteiger partial charge is 0.253 e. The summed E-state index contributed by atoms with van der Waals surface area (Å²) < 4.78 is 0. The van der Waals surface area contributed by atoms with Gasteiger partial charge >= 0.3 is 0 Å². The molecule has 1 saturated carbocycles. The largest absolute Gasteiger partial charge is 0.396 e. The highest BCUT2D eigenvalue weighted by Crippen LogP contribution is 2.29. The van der Waals surface area contributed by atoms with Gasteiger partial charge in [-0.15, -0.1) is 0 Å². The van der Waals surface area contributed by atoms with Crippen LogP contribution in [0.5, 0.6) is 0 Å². The van der Waals surface area contributed by atoms with Crippen LogP contribution in [0, 0.1) is 5.92 Å². The molecule has 0 aromatic carbocycles. The summed E-state index contributed by atoms with van der Waals surface area (Å²) in [5.74, 6) is 0.345. The van der Waals surface area contributed by atoms with Crippen molar-refractivity contribution in [2.24, 2.45) is 5.92 Å². The molecular weight excluding hydrogens is 306 g/mol. The van der Waals surface area contributed by atoms with Crippen LogP contribution in [-0.4, -0.2) is 41.1 Å². The van der Waals surface area contributed by atoms with E-state index >= 15 is 0 Å². The highest BCUT2D eigenvalue weighted by Gasteiger charge is 2.27. The minimum atomic E-state index is -0.179. The Morgan fingerprint density at radius 2 is 2.12 bits per heavy atom. The number of rotatable bonds is 6. The van der Waals surface area contributed by atoms with Crippen LogP contribution in [0.15, 0.2) is 18.5 Å². The third-order valence-corrected chi connectivity index (χ3v) is 5.10. The lowest BCUT2D eigenvalue weighted by Gasteiger charge is -2.24. The fourth-order valence-corrected chi connectivity index (χ4v) is 3.80. The molecule has 1 aromatic heterocycles. The van der Waals surface area contributed by atoms with E-state index < -0.39 is 0 Å². The van der Waals surface area contributed by atoms with Gasteiger partial charge in [-0.2, -0.15) is 0 Å². The van der Waals surface area contributed by atoms with Gasteiger partial charge in [0.25, 0.3) is 5.91 Å². The summed E-state index contributed by atoms with van der Waals surface area (Å²) >= 11 is 0. The zero-order valence-corrected chi connectivity index (χ0v) is 13.9. The van der Waals surface area contributed by atoms with Crippen LogP contribution < -0.4 is 10.2 Å². The highest BCUT2D eigenvalue weighted by atomic mass is 16.3. The zero-order valence-electron chi connectivity index (χ0n) is 13.9. The Kier molecular flexibility index (Phi) is 5.45. The molecule has 2 aliphatic rings. The predicted octanol–water partition coefficient (Wildman–Crippen LogP) is 1.88. The van der Waals surface area contributed by atoms with Crippen molar-refractivity contribution in [3.8, 4) is 0 Å². The van der Waals surface area contributed by atoms with Gasteiger partial charge in [0.15, 0.2) is 0 Å². The van der Waals surface area contributed by atoms with E-state index in [4.69, 9.17) is 0 Å². The van der Waals surface area contributed by atoms with E-state index in [1.54, 1.807) is 17.2 Å². The Hall–Kier alpha value is -1.95. The molecule has 1 aliphatic heterocycles. The number of hydrogen-bond acceptors (Lipinski definition) is 4.